The number of imidazole rings is 1. The Morgan fingerprint density at radius 3 is 2.38 bits per heavy atom. The van der Waals surface area contributed by atoms with E-state index in [0.29, 0.717) is 28.2 Å². The fourth-order valence-electron chi connectivity index (χ4n) is 4.40. The summed E-state index contributed by atoms with van der Waals surface area (Å²) >= 11 is 6.08. The lowest BCUT2D eigenvalue weighted by atomic mass is 10.1. The molecule has 1 fully saturated rings. The van der Waals surface area contributed by atoms with E-state index in [1.807, 2.05) is 60.8 Å². The van der Waals surface area contributed by atoms with Gasteiger partial charge >= 0.3 is 0 Å². The van der Waals surface area contributed by atoms with Crippen LogP contribution < -0.4 is 14.8 Å². The molecule has 4 aromatic rings. The SMILES string of the molecule is COc1ccc(-n2cc(-c3ccc(Cl)cc3)nc2NC(=O)CN(C(=O)Cc2ccccc2)C2CC2)cc1OC. The van der Waals surface area contributed by atoms with Crippen LogP contribution in [0.4, 0.5) is 5.95 Å². The van der Waals surface area contributed by atoms with Crippen LogP contribution in [0.15, 0.2) is 79.0 Å². The van der Waals surface area contributed by atoms with E-state index >= 15 is 0 Å². The normalized spacial score (nSPS) is 12.6. The number of aromatic nitrogens is 2. The van der Waals surface area contributed by atoms with Gasteiger partial charge in [0.1, 0.15) is 6.54 Å². The van der Waals surface area contributed by atoms with Gasteiger partial charge in [0.2, 0.25) is 17.8 Å². The maximum atomic E-state index is 13.3. The van der Waals surface area contributed by atoms with Crippen molar-refractivity contribution in [1.82, 2.24) is 14.5 Å². The van der Waals surface area contributed by atoms with Crippen molar-refractivity contribution in [2.45, 2.75) is 25.3 Å². The molecule has 1 saturated carbocycles. The van der Waals surface area contributed by atoms with Crippen molar-refractivity contribution in [3.05, 3.63) is 89.6 Å². The second kappa shape index (κ2) is 11.6. The fraction of sp³-hybridized carbons (Fsp3) is 0.233. The standard InChI is InChI=1S/C30H29ClN4O4/c1-38-26-15-14-24(17-27(26)39-2)35-18-25(21-8-10-22(31)11-9-21)32-30(35)33-28(36)19-34(23-12-13-23)29(37)16-20-6-4-3-5-7-20/h3-11,14-15,17-18,23H,12-13,16,19H2,1-2H3,(H,32,33,36). The van der Waals surface area contributed by atoms with Gasteiger partial charge in [0.05, 0.1) is 32.0 Å². The van der Waals surface area contributed by atoms with Crippen molar-refractivity contribution < 1.29 is 19.1 Å². The monoisotopic (exact) mass is 544 g/mol. The molecule has 5 rings (SSSR count). The largest absolute Gasteiger partial charge is 0.493 e. The van der Waals surface area contributed by atoms with Crippen molar-refractivity contribution in [2.24, 2.45) is 0 Å². The molecular formula is C30H29ClN4O4. The van der Waals surface area contributed by atoms with Gasteiger partial charge in [0, 0.05) is 28.9 Å². The summed E-state index contributed by atoms with van der Waals surface area (Å²) in [6, 6.07) is 22.4. The summed E-state index contributed by atoms with van der Waals surface area (Å²) in [5, 5.41) is 3.55. The van der Waals surface area contributed by atoms with Crippen molar-refractivity contribution in [3.63, 3.8) is 0 Å². The van der Waals surface area contributed by atoms with Gasteiger partial charge in [-0.2, -0.15) is 0 Å². The number of benzene rings is 3. The number of anilines is 1. The second-order valence-electron chi connectivity index (χ2n) is 9.33. The zero-order valence-corrected chi connectivity index (χ0v) is 22.5. The van der Waals surface area contributed by atoms with Crippen LogP contribution in [-0.4, -0.2) is 53.1 Å². The Kier molecular flexibility index (Phi) is 7.84. The molecule has 0 spiro atoms. The fourth-order valence-corrected chi connectivity index (χ4v) is 4.52. The summed E-state index contributed by atoms with van der Waals surface area (Å²) in [6.45, 7) is -0.0502. The van der Waals surface area contributed by atoms with Gasteiger partial charge in [-0.15, -0.1) is 0 Å². The molecule has 0 unspecified atom stereocenters. The number of hydrogen-bond acceptors (Lipinski definition) is 5. The van der Waals surface area contributed by atoms with Crippen molar-refractivity contribution in [3.8, 4) is 28.4 Å². The van der Waals surface area contributed by atoms with Crippen molar-refractivity contribution >= 4 is 29.4 Å². The molecule has 0 atom stereocenters. The average Bonchev–Trinajstić information content (AvgIpc) is 3.71. The first kappa shape index (κ1) is 26.3. The summed E-state index contributed by atoms with van der Waals surface area (Å²) in [7, 11) is 3.14. The summed E-state index contributed by atoms with van der Waals surface area (Å²) in [5.74, 6) is 1.06. The molecular weight excluding hydrogens is 516 g/mol. The predicted molar refractivity (Wildman–Crippen MR) is 151 cm³/mol. The van der Waals surface area contributed by atoms with Gasteiger partial charge in [-0.3, -0.25) is 19.5 Å². The minimum Gasteiger partial charge on any atom is -0.493 e. The predicted octanol–water partition coefficient (Wildman–Crippen LogP) is 5.38. The number of carbonyl (C=O) groups is 2. The molecule has 1 aliphatic carbocycles. The molecule has 39 heavy (non-hydrogen) atoms. The molecule has 0 radical (unpaired) electrons. The first-order valence-corrected chi connectivity index (χ1v) is 13.0. The Balaban J connectivity index is 1.41. The molecule has 1 aromatic heterocycles. The highest BCUT2D eigenvalue weighted by atomic mass is 35.5. The number of nitrogens with zero attached hydrogens (tertiary/aromatic N) is 3. The van der Waals surface area contributed by atoms with E-state index in [0.717, 1.165) is 29.7 Å². The molecule has 9 heteroatoms. The Hall–Kier alpha value is -4.30. The van der Waals surface area contributed by atoms with E-state index in [4.69, 9.17) is 26.1 Å². The second-order valence-corrected chi connectivity index (χ2v) is 9.77. The third-order valence-corrected chi connectivity index (χ3v) is 6.81. The van der Waals surface area contributed by atoms with Gasteiger partial charge in [-0.25, -0.2) is 4.98 Å². The highest BCUT2D eigenvalue weighted by Gasteiger charge is 2.34. The van der Waals surface area contributed by atoms with Crippen LogP contribution in [0.1, 0.15) is 18.4 Å². The highest BCUT2D eigenvalue weighted by molar-refractivity contribution is 6.30. The third kappa shape index (κ3) is 6.23. The lowest BCUT2D eigenvalue weighted by Crippen LogP contribution is -2.40. The van der Waals surface area contributed by atoms with Crippen molar-refractivity contribution in [1.29, 1.82) is 0 Å². The van der Waals surface area contributed by atoms with Gasteiger partial charge in [-0.05, 0) is 42.7 Å². The summed E-state index contributed by atoms with van der Waals surface area (Å²) in [4.78, 5) is 32.8. The minimum atomic E-state index is -0.321. The number of methoxy groups -OCH3 is 2. The molecule has 1 heterocycles. The Morgan fingerprint density at radius 2 is 1.72 bits per heavy atom. The summed E-state index contributed by atoms with van der Waals surface area (Å²) in [6.07, 6.45) is 3.88. The Labute approximate surface area is 232 Å². The number of ether oxygens (including phenoxy) is 2. The van der Waals surface area contributed by atoms with Crippen LogP contribution in [0.3, 0.4) is 0 Å². The van der Waals surface area contributed by atoms with Gasteiger partial charge < -0.3 is 14.4 Å². The van der Waals surface area contributed by atoms with E-state index in [1.54, 1.807) is 41.9 Å². The molecule has 2 amide bonds. The Bertz CT molecular complexity index is 1470. The molecule has 1 aliphatic rings. The van der Waals surface area contributed by atoms with Crippen LogP contribution in [0.2, 0.25) is 5.02 Å². The minimum absolute atomic E-state index is 0.0502. The van der Waals surface area contributed by atoms with E-state index in [9.17, 15) is 9.59 Å². The summed E-state index contributed by atoms with van der Waals surface area (Å²) < 4.78 is 12.6. The average molecular weight is 545 g/mol. The molecule has 8 nitrogen and oxygen atoms in total. The first-order valence-electron chi connectivity index (χ1n) is 12.7. The molecule has 200 valence electrons. The first-order chi connectivity index (χ1) is 18.9. The molecule has 0 aliphatic heterocycles. The number of amides is 2. The number of hydrogen-bond donors (Lipinski definition) is 1. The Morgan fingerprint density at radius 1 is 1.00 bits per heavy atom. The lowest BCUT2D eigenvalue weighted by molar-refractivity contribution is -0.134. The van der Waals surface area contributed by atoms with Gasteiger partial charge in [0.15, 0.2) is 11.5 Å². The van der Waals surface area contributed by atoms with Crippen molar-refractivity contribution in [2.75, 3.05) is 26.1 Å². The van der Waals surface area contributed by atoms with E-state index in [-0.39, 0.29) is 30.8 Å². The van der Waals surface area contributed by atoms with Crippen LogP contribution in [0.5, 0.6) is 11.5 Å². The zero-order chi connectivity index (χ0) is 27.4. The number of carbonyl (C=O) groups excluding carboxylic acids is 2. The van der Waals surface area contributed by atoms with Gasteiger partial charge in [-0.1, -0.05) is 54.1 Å². The van der Waals surface area contributed by atoms with Crippen LogP contribution in [0, 0.1) is 0 Å². The molecule has 3 aromatic carbocycles. The van der Waals surface area contributed by atoms with Crippen LogP contribution in [-0.2, 0) is 16.0 Å². The van der Waals surface area contributed by atoms with Crippen LogP contribution >= 0.6 is 11.6 Å². The molecule has 0 bridgehead atoms. The summed E-state index contributed by atoms with van der Waals surface area (Å²) in [5.41, 5.74) is 3.13. The van der Waals surface area contributed by atoms with Crippen LogP contribution in [0.25, 0.3) is 16.9 Å². The van der Waals surface area contributed by atoms with Gasteiger partial charge in [0.25, 0.3) is 0 Å². The lowest BCUT2D eigenvalue weighted by Gasteiger charge is -2.22. The number of nitrogens with one attached hydrogen (secondary N) is 1. The maximum Gasteiger partial charge on any atom is 0.246 e. The maximum absolute atomic E-state index is 13.3. The highest BCUT2D eigenvalue weighted by Crippen LogP contribution is 2.32. The van der Waals surface area contributed by atoms with E-state index < -0.39 is 0 Å². The molecule has 0 saturated heterocycles. The number of halogens is 1. The van der Waals surface area contributed by atoms with E-state index in [1.165, 1.54) is 0 Å². The number of rotatable bonds is 10. The topological polar surface area (TPSA) is 85.7 Å². The molecule has 1 N–H and O–H groups in total. The van der Waals surface area contributed by atoms with E-state index in [2.05, 4.69) is 5.32 Å². The smallest absolute Gasteiger partial charge is 0.246 e. The third-order valence-electron chi connectivity index (χ3n) is 6.56. The quantitative estimate of drug-likeness (QED) is 0.290. The zero-order valence-electron chi connectivity index (χ0n) is 21.8.